The van der Waals surface area contributed by atoms with E-state index >= 15 is 0 Å². The van der Waals surface area contributed by atoms with E-state index in [0.29, 0.717) is 61.7 Å². The number of carboxylic acid groups (broad SMARTS) is 1. The number of aliphatic carboxylic acids is 1. The number of ether oxygens (including phenoxy) is 2. The molecule has 3 amide bonds. The van der Waals surface area contributed by atoms with Crippen molar-refractivity contribution in [2.45, 2.75) is 52.6 Å². The Morgan fingerprint density at radius 2 is 0.692 bits per heavy atom. The number of hydrogen-bond donors (Lipinski definition) is 2. The van der Waals surface area contributed by atoms with Gasteiger partial charge in [0.05, 0.1) is 25.2 Å². The van der Waals surface area contributed by atoms with Gasteiger partial charge in [0.1, 0.15) is 53.5 Å². The van der Waals surface area contributed by atoms with Gasteiger partial charge >= 0.3 is 5.97 Å². The van der Waals surface area contributed by atoms with Crippen molar-refractivity contribution in [2.24, 2.45) is 0 Å². The van der Waals surface area contributed by atoms with Crippen LogP contribution in [0.5, 0.6) is 17.2 Å². The maximum atomic E-state index is 13.0. The number of para-hydroxylation sites is 3. The van der Waals surface area contributed by atoms with Gasteiger partial charge < -0.3 is 47.6 Å². The lowest BCUT2D eigenvalue weighted by molar-refractivity contribution is -0.136. The molecule has 8 aromatic carbocycles. The zero-order valence-electron chi connectivity index (χ0n) is 50.9. The highest BCUT2D eigenvalue weighted by atomic mass is 16.5. The highest BCUT2D eigenvalue weighted by Gasteiger charge is 2.19. The highest BCUT2D eigenvalue weighted by Crippen LogP contribution is 2.28. The van der Waals surface area contributed by atoms with E-state index in [9.17, 15) is 29.1 Å². The van der Waals surface area contributed by atoms with Crippen LogP contribution in [-0.2, 0) is 55.3 Å². The Morgan fingerprint density at radius 1 is 0.374 bits per heavy atom. The molecule has 11 aromatic rings. The quantitative estimate of drug-likeness (QED) is 0.0653. The first-order valence-electron chi connectivity index (χ1n) is 29.4. The van der Waals surface area contributed by atoms with Gasteiger partial charge in [0, 0.05) is 97.3 Å². The molecule has 0 bridgehead atoms. The average molecular weight is 1220 g/mol. The molecule has 0 aliphatic carbocycles. The molecule has 0 saturated heterocycles. The molecule has 0 fully saturated rings. The lowest BCUT2D eigenvalue weighted by atomic mass is 10.1. The van der Waals surface area contributed by atoms with Crippen molar-refractivity contribution < 1.29 is 56.9 Å². The van der Waals surface area contributed by atoms with Gasteiger partial charge in [0.25, 0.3) is 17.7 Å². The third-order valence-corrected chi connectivity index (χ3v) is 14.7. The van der Waals surface area contributed by atoms with Crippen LogP contribution in [-0.4, -0.2) is 75.5 Å². The topological polar surface area (TPSA) is 193 Å². The molecule has 91 heavy (non-hydrogen) atoms. The number of aromatic hydroxyl groups is 1. The van der Waals surface area contributed by atoms with Gasteiger partial charge in [-0.3, -0.25) is 24.0 Å². The van der Waals surface area contributed by atoms with Crippen molar-refractivity contribution in [1.29, 1.82) is 0 Å². The number of rotatable bonds is 22. The van der Waals surface area contributed by atoms with Crippen molar-refractivity contribution in [3.8, 4) is 51.2 Å². The fourth-order valence-electron chi connectivity index (χ4n) is 9.79. The van der Waals surface area contributed by atoms with Crippen molar-refractivity contribution in [2.75, 3.05) is 21.1 Å². The van der Waals surface area contributed by atoms with Crippen LogP contribution < -0.4 is 9.47 Å². The first kappa shape index (κ1) is 64.0. The van der Waals surface area contributed by atoms with Gasteiger partial charge in [-0.05, 0) is 120 Å². The molecular weight excluding hydrogens is 1150 g/mol. The molecule has 15 heteroatoms. The maximum absolute atomic E-state index is 13.0. The summed E-state index contributed by atoms with van der Waals surface area (Å²) in [6.07, 6.45) is 5.31. The lowest BCUT2D eigenvalue weighted by Crippen LogP contribution is -2.26. The van der Waals surface area contributed by atoms with Gasteiger partial charge in [0.15, 0.2) is 0 Å². The minimum absolute atomic E-state index is 0.00406. The van der Waals surface area contributed by atoms with Crippen LogP contribution in [0.25, 0.3) is 34.0 Å². The molecule has 0 atom stereocenters. The molecule has 0 spiro atoms. The molecule has 0 unspecified atom stereocenters. The number of Topliss-reactive ketones (excluding diaryl/α,β-unsaturated/α-hetero) is 1. The van der Waals surface area contributed by atoms with Gasteiger partial charge in [-0.25, -0.2) is 0 Å². The van der Waals surface area contributed by atoms with Gasteiger partial charge in [-0.15, -0.1) is 0 Å². The first-order chi connectivity index (χ1) is 44.1. The molecule has 2 N–H and O–H groups in total. The van der Waals surface area contributed by atoms with E-state index in [4.69, 9.17) is 27.8 Å². The Hall–Kier alpha value is -11.5. The molecule has 0 saturated carbocycles. The van der Waals surface area contributed by atoms with E-state index in [-0.39, 0.29) is 35.7 Å². The summed E-state index contributed by atoms with van der Waals surface area (Å²) in [4.78, 5) is 65.5. The zero-order valence-corrected chi connectivity index (χ0v) is 50.9. The normalized spacial score (nSPS) is 10.6. The molecule has 0 radical (unpaired) electrons. The van der Waals surface area contributed by atoms with E-state index in [1.54, 1.807) is 116 Å². The number of carbonyl (C=O) groups is 5. The number of furan rings is 3. The number of hydrogen-bond acceptors (Lipinski definition) is 11. The summed E-state index contributed by atoms with van der Waals surface area (Å²) in [5.74, 6) is 2.97. The van der Waals surface area contributed by atoms with Crippen molar-refractivity contribution in [1.82, 2.24) is 14.7 Å². The predicted molar refractivity (Wildman–Crippen MR) is 348 cm³/mol. The number of carbonyl (C=O) groups excluding carboxylic acids is 4. The second kappa shape index (κ2) is 31.5. The fraction of sp³-hybridized carbons (Fsp3) is 0.145. The number of phenolic OH excluding ortho intramolecular Hbond substituents is 1. The molecule has 3 heterocycles. The Bertz CT molecular complexity index is 3920. The fourth-order valence-corrected chi connectivity index (χ4v) is 9.79. The van der Waals surface area contributed by atoms with Crippen molar-refractivity contribution >= 4 is 29.5 Å². The molecule has 15 nitrogen and oxygen atoms in total. The van der Waals surface area contributed by atoms with Crippen LogP contribution >= 0.6 is 0 Å². The number of nitrogens with zero attached hydrogens (tertiary/aromatic N) is 3. The molecule has 460 valence electrons. The van der Waals surface area contributed by atoms with Gasteiger partial charge in [-0.2, -0.15) is 0 Å². The number of phenols is 1. The van der Waals surface area contributed by atoms with Gasteiger partial charge in [0.2, 0.25) is 0 Å². The maximum Gasteiger partial charge on any atom is 0.307 e. The van der Waals surface area contributed by atoms with E-state index in [0.717, 1.165) is 78.7 Å². The van der Waals surface area contributed by atoms with Crippen molar-refractivity contribution in [3.63, 3.8) is 0 Å². The standard InChI is InChI=1S/C29H27NO4.C28H25NO5.C19H17NO3/c1-21(31)18-22-9-11-23(12-10-22)20-34-28-7-4-3-6-26(28)19-30(2)29(32)25-15-13-24(14-16-25)27-8-5-17-33-27;1-29(28(32)23-14-12-22(13-15-23)25-7-4-16-33-25)18-24-5-2-3-6-26(24)34-19-21-10-8-20(9-11-21)17-27(30)31;1-20(13-16-5-2-3-6-17(16)21)19(22)15-10-8-14(9-11-15)18-7-4-12-23-18/h3-17H,18-20H2,1-2H3;2-16H,17-19H2,1H3,(H,30,31);2-12,21H,13H2,1H3. The Kier molecular flexibility index (Phi) is 22.1. The lowest BCUT2D eigenvalue weighted by Gasteiger charge is -2.20. The molecule has 11 rings (SSSR count). The van der Waals surface area contributed by atoms with Crippen LogP contribution in [0.15, 0.2) is 263 Å². The number of ketones is 1. The number of benzene rings is 8. The summed E-state index contributed by atoms with van der Waals surface area (Å²) in [5.41, 5.74) is 10.8. The van der Waals surface area contributed by atoms with Crippen LogP contribution in [0, 0.1) is 0 Å². The smallest absolute Gasteiger partial charge is 0.307 e. The van der Waals surface area contributed by atoms with Crippen LogP contribution in [0.3, 0.4) is 0 Å². The molecule has 0 aliphatic heterocycles. The molecular formula is C76H69N3O12. The third kappa shape index (κ3) is 18.3. The summed E-state index contributed by atoms with van der Waals surface area (Å²) < 4.78 is 28.2. The Morgan fingerprint density at radius 3 is 1.02 bits per heavy atom. The van der Waals surface area contributed by atoms with E-state index in [1.165, 1.54) is 0 Å². The Balaban J connectivity index is 0.000000165. The van der Waals surface area contributed by atoms with Crippen LogP contribution in [0.4, 0.5) is 0 Å². The summed E-state index contributed by atoms with van der Waals surface area (Å²) in [7, 11) is 5.27. The summed E-state index contributed by atoms with van der Waals surface area (Å²) in [6.45, 7) is 3.51. The Labute approximate surface area is 528 Å². The summed E-state index contributed by atoms with van der Waals surface area (Å²) in [5, 5.41) is 18.7. The number of carboxylic acids is 1. The van der Waals surface area contributed by atoms with E-state index in [1.807, 2.05) is 176 Å². The zero-order chi connectivity index (χ0) is 64.1. The minimum Gasteiger partial charge on any atom is -0.508 e. The van der Waals surface area contributed by atoms with Crippen LogP contribution in [0.1, 0.15) is 76.9 Å². The monoisotopic (exact) mass is 1220 g/mol. The third-order valence-electron chi connectivity index (χ3n) is 14.7. The highest BCUT2D eigenvalue weighted by molar-refractivity contribution is 5.96. The van der Waals surface area contributed by atoms with Crippen molar-refractivity contribution in [3.05, 3.63) is 305 Å². The minimum atomic E-state index is -0.856. The average Bonchev–Trinajstić information content (AvgIpc) is 2.50. The largest absolute Gasteiger partial charge is 0.508 e. The second-order valence-electron chi connectivity index (χ2n) is 21.7. The first-order valence-corrected chi connectivity index (χ1v) is 29.4. The molecule has 3 aromatic heterocycles. The summed E-state index contributed by atoms with van der Waals surface area (Å²) in [6, 6.07) is 70.7. The second-order valence-corrected chi connectivity index (χ2v) is 21.7. The van der Waals surface area contributed by atoms with E-state index < -0.39 is 5.97 Å². The molecule has 0 aliphatic rings. The van der Waals surface area contributed by atoms with Crippen LogP contribution in [0.2, 0.25) is 0 Å². The van der Waals surface area contributed by atoms with Gasteiger partial charge in [-0.1, -0.05) is 140 Å². The number of amides is 3. The van der Waals surface area contributed by atoms with E-state index in [2.05, 4.69) is 0 Å². The predicted octanol–water partition coefficient (Wildman–Crippen LogP) is 15.3. The summed E-state index contributed by atoms with van der Waals surface area (Å²) >= 11 is 0. The SMILES string of the molecule is CC(=O)Cc1ccc(COc2ccccc2CN(C)C(=O)c2ccc(-c3ccco3)cc2)cc1.CN(Cc1ccccc1O)C(=O)c1ccc(-c2ccco2)cc1.CN(Cc1ccccc1OCc1ccc(CC(=O)O)cc1)C(=O)c1ccc(-c2ccco2)cc1.